The molecule has 1 saturated heterocycles. The van der Waals surface area contributed by atoms with Crippen molar-refractivity contribution in [2.24, 2.45) is 5.92 Å². The summed E-state index contributed by atoms with van der Waals surface area (Å²) in [5, 5.41) is 0.652. The van der Waals surface area contributed by atoms with Crippen molar-refractivity contribution < 1.29 is 13.9 Å². The van der Waals surface area contributed by atoms with E-state index in [1.54, 1.807) is 12.3 Å². The summed E-state index contributed by atoms with van der Waals surface area (Å²) in [7, 11) is 0. The number of nitrogens with one attached hydrogen (secondary N) is 1. The molecule has 1 aromatic heterocycles. The van der Waals surface area contributed by atoms with Gasteiger partial charge in [-0.2, -0.15) is 0 Å². The van der Waals surface area contributed by atoms with Gasteiger partial charge >= 0.3 is 0 Å². The molecule has 18 heavy (non-hydrogen) atoms. The Bertz CT molecular complexity index is 605. The summed E-state index contributed by atoms with van der Waals surface area (Å²) in [6.07, 6.45) is 2.52. The minimum atomic E-state index is -0.327. The lowest BCUT2D eigenvalue weighted by Crippen LogP contribution is -2.14. The molecule has 1 aliphatic heterocycles. The first-order chi connectivity index (χ1) is 8.65. The first-order valence-electron chi connectivity index (χ1n) is 6.07. The van der Waals surface area contributed by atoms with Crippen LogP contribution in [0.5, 0.6) is 0 Å². The Morgan fingerprint density at radius 3 is 3.06 bits per heavy atom. The van der Waals surface area contributed by atoms with Gasteiger partial charge in [0.25, 0.3) is 0 Å². The van der Waals surface area contributed by atoms with E-state index in [1.807, 2.05) is 6.92 Å². The zero-order chi connectivity index (χ0) is 12.7. The van der Waals surface area contributed by atoms with Gasteiger partial charge in [0, 0.05) is 28.6 Å². The standard InChI is InChI=1S/C14H14FNO2/c1-8-4-9(7-18-8)14(17)12-6-16-13-3-2-10(15)5-11(12)13/h2-3,5-6,8-9,16H,4,7H2,1H3. The Labute approximate surface area is 104 Å². The van der Waals surface area contributed by atoms with Crippen molar-refractivity contribution in [2.75, 3.05) is 6.61 Å². The van der Waals surface area contributed by atoms with Gasteiger partial charge in [-0.1, -0.05) is 0 Å². The summed E-state index contributed by atoms with van der Waals surface area (Å²) in [6.45, 7) is 2.42. The van der Waals surface area contributed by atoms with Gasteiger partial charge in [0.15, 0.2) is 5.78 Å². The van der Waals surface area contributed by atoms with Gasteiger partial charge in [0.05, 0.1) is 12.7 Å². The number of H-pyrrole nitrogens is 1. The van der Waals surface area contributed by atoms with Crippen molar-refractivity contribution in [3.05, 3.63) is 35.8 Å². The van der Waals surface area contributed by atoms with Crippen molar-refractivity contribution in [3.63, 3.8) is 0 Å². The number of halogens is 1. The number of ether oxygens (including phenoxy) is 1. The maximum Gasteiger partial charge on any atom is 0.170 e. The molecular weight excluding hydrogens is 233 g/mol. The van der Waals surface area contributed by atoms with Crippen LogP contribution in [0.4, 0.5) is 4.39 Å². The predicted molar refractivity (Wildman–Crippen MR) is 66.1 cm³/mol. The Morgan fingerprint density at radius 1 is 1.50 bits per heavy atom. The third-order valence-corrected chi connectivity index (χ3v) is 3.48. The highest BCUT2D eigenvalue weighted by molar-refractivity contribution is 6.09. The summed E-state index contributed by atoms with van der Waals surface area (Å²) in [5.74, 6) is -0.398. The van der Waals surface area contributed by atoms with Crippen molar-refractivity contribution in [2.45, 2.75) is 19.4 Å². The molecule has 0 bridgehead atoms. The summed E-state index contributed by atoms with van der Waals surface area (Å²) in [4.78, 5) is 15.4. The van der Waals surface area contributed by atoms with Gasteiger partial charge in [0.1, 0.15) is 5.82 Å². The second kappa shape index (κ2) is 4.21. The largest absolute Gasteiger partial charge is 0.378 e. The molecule has 0 spiro atoms. The maximum atomic E-state index is 13.2. The van der Waals surface area contributed by atoms with Crippen LogP contribution in [0.2, 0.25) is 0 Å². The number of aromatic nitrogens is 1. The number of benzene rings is 1. The summed E-state index contributed by atoms with van der Waals surface area (Å²) >= 11 is 0. The molecule has 2 unspecified atom stereocenters. The van der Waals surface area contributed by atoms with Gasteiger partial charge in [-0.05, 0) is 31.5 Å². The monoisotopic (exact) mass is 247 g/mol. The lowest BCUT2D eigenvalue weighted by molar-refractivity contribution is 0.0879. The summed E-state index contributed by atoms with van der Waals surface area (Å²) in [6, 6.07) is 4.43. The van der Waals surface area contributed by atoms with Crippen molar-refractivity contribution in [3.8, 4) is 0 Å². The molecule has 0 radical (unpaired) electrons. The molecule has 1 fully saturated rings. The van der Waals surface area contributed by atoms with E-state index in [-0.39, 0.29) is 23.6 Å². The minimum absolute atomic E-state index is 0.0381. The number of hydrogen-bond donors (Lipinski definition) is 1. The van der Waals surface area contributed by atoms with E-state index >= 15 is 0 Å². The van der Waals surface area contributed by atoms with Crippen LogP contribution in [-0.4, -0.2) is 23.5 Å². The van der Waals surface area contributed by atoms with Crippen LogP contribution in [-0.2, 0) is 4.74 Å². The Balaban J connectivity index is 1.99. The highest BCUT2D eigenvalue weighted by atomic mass is 19.1. The van der Waals surface area contributed by atoms with Gasteiger partial charge in [-0.15, -0.1) is 0 Å². The van der Waals surface area contributed by atoms with Crippen LogP contribution >= 0.6 is 0 Å². The number of rotatable bonds is 2. The highest BCUT2D eigenvalue weighted by Crippen LogP contribution is 2.27. The van der Waals surface area contributed by atoms with E-state index in [2.05, 4.69) is 4.98 Å². The van der Waals surface area contributed by atoms with Gasteiger partial charge in [-0.3, -0.25) is 4.79 Å². The number of carbonyl (C=O) groups is 1. The van der Waals surface area contributed by atoms with Crippen LogP contribution < -0.4 is 0 Å². The van der Waals surface area contributed by atoms with E-state index in [4.69, 9.17) is 4.74 Å². The molecular formula is C14H14FNO2. The van der Waals surface area contributed by atoms with E-state index < -0.39 is 0 Å². The summed E-state index contributed by atoms with van der Waals surface area (Å²) in [5.41, 5.74) is 1.35. The average Bonchev–Trinajstić information content (AvgIpc) is 2.94. The Morgan fingerprint density at radius 2 is 2.33 bits per heavy atom. The lowest BCUT2D eigenvalue weighted by Gasteiger charge is -2.05. The molecule has 0 saturated carbocycles. The lowest BCUT2D eigenvalue weighted by atomic mass is 9.95. The van der Waals surface area contributed by atoms with E-state index in [9.17, 15) is 9.18 Å². The van der Waals surface area contributed by atoms with Gasteiger partial charge in [-0.25, -0.2) is 4.39 Å². The fourth-order valence-electron chi connectivity index (χ4n) is 2.52. The van der Waals surface area contributed by atoms with Gasteiger partial charge in [0.2, 0.25) is 0 Å². The Hall–Kier alpha value is -1.68. The molecule has 3 rings (SSSR count). The fraction of sp³-hybridized carbons (Fsp3) is 0.357. The van der Waals surface area contributed by atoms with Crippen LogP contribution in [0.1, 0.15) is 23.7 Å². The molecule has 2 atom stereocenters. The number of Topliss-reactive ketones (excluding diaryl/α,β-unsaturated/α-hetero) is 1. The van der Waals surface area contributed by atoms with Crippen molar-refractivity contribution in [1.29, 1.82) is 0 Å². The number of ketones is 1. The number of carbonyl (C=O) groups excluding carboxylic acids is 1. The molecule has 4 heteroatoms. The number of hydrogen-bond acceptors (Lipinski definition) is 2. The second-order valence-electron chi connectivity index (χ2n) is 4.83. The van der Waals surface area contributed by atoms with Crippen LogP contribution in [0, 0.1) is 11.7 Å². The molecule has 3 nitrogen and oxygen atoms in total. The SMILES string of the molecule is CC1CC(C(=O)c2c[nH]c3ccc(F)cc23)CO1. The van der Waals surface area contributed by atoms with Crippen LogP contribution in [0.25, 0.3) is 10.9 Å². The predicted octanol–water partition coefficient (Wildman–Crippen LogP) is 2.91. The third-order valence-electron chi connectivity index (χ3n) is 3.48. The third kappa shape index (κ3) is 1.82. The topological polar surface area (TPSA) is 42.1 Å². The number of fused-ring (bicyclic) bond motifs is 1. The highest BCUT2D eigenvalue weighted by Gasteiger charge is 2.30. The average molecular weight is 247 g/mol. The zero-order valence-electron chi connectivity index (χ0n) is 10.1. The molecule has 0 amide bonds. The second-order valence-corrected chi connectivity index (χ2v) is 4.83. The Kier molecular flexibility index (Phi) is 2.67. The van der Waals surface area contributed by atoms with Gasteiger partial charge < -0.3 is 9.72 Å². The molecule has 1 aromatic carbocycles. The molecule has 2 heterocycles. The van der Waals surface area contributed by atoms with Crippen molar-refractivity contribution in [1.82, 2.24) is 4.98 Å². The smallest absolute Gasteiger partial charge is 0.170 e. The normalized spacial score (nSPS) is 23.7. The minimum Gasteiger partial charge on any atom is -0.378 e. The van der Waals surface area contributed by atoms with E-state index in [0.29, 0.717) is 17.6 Å². The number of aromatic amines is 1. The van der Waals surface area contributed by atoms with Crippen LogP contribution in [0.15, 0.2) is 24.4 Å². The van der Waals surface area contributed by atoms with Crippen LogP contribution in [0.3, 0.4) is 0 Å². The summed E-state index contributed by atoms with van der Waals surface area (Å²) < 4.78 is 18.7. The quantitative estimate of drug-likeness (QED) is 0.829. The molecule has 1 aliphatic rings. The molecule has 2 aromatic rings. The fourth-order valence-corrected chi connectivity index (χ4v) is 2.52. The molecule has 1 N–H and O–H groups in total. The molecule has 0 aliphatic carbocycles. The maximum absolute atomic E-state index is 13.2. The first-order valence-corrected chi connectivity index (χ1v) is 6.07. The van der Waals surface area contributed by atoms with E-state index in [1.165, 1.54) is 12.1 Å². The van der Waals surface area contributed by atoms with Crippen molar-refractivity contribution >= 4 is 16.7 Å². The first kappa shape index (κ1) is 11.4. The molecule has 94 valence electrons. The van der Waals surface area contributed by atoms with E-state index in [0.717, 1.165) is 11.9 Å². The zero-order valence-corrected chi connectivity index (χ0v) is 10.1.